The molecule has 0 aliphatic heterocycles. The molecule has 1 aliphatic carbocycles. The fourth-order valence-electron chi connectivity index (χ4n) is 2.37. The molecule has 0 saturated heterocycles. The molecular weight excluding hydrogens is 262 g/mol. The highest BCUT2D eigenvalue weighted by Crippen LogP contribution is 2.38. The first-order valence-electron chi connectivity index (χ1n) is 6.47. The van der Waals surface area contributed by atoms with Crippen molar-refractivity contribution in [3.05, 3.63) is 23.2 Å². The lowest BCUT2D eigenvalue weighted by Crippen LogP contribution is -2.12. The molecule has 1 fully saturated rings. The van der Waals surface area contributed by atoms with Gasteiger partial charge in [-0.2, -0.15) is 0 Å². The van der Waals surface area contributed by atoms with Gasteiger partial charge >= 0.3 is 0 Å². The second-order valence-electron chi connectivity index (χ2n) is 5.20. The highest BCUT2D eigenvalue weighted by atomic mass is 35.5. The van der Waals surface area contributed by atoms with Crippen LogP contribution in [0.3, 0.4) is 0 Å². The molecule has 5 nitrogen and oxygen atoms in total. The molecule has 6 heteroatoms. The van der Waals surface area contributed by atoms with Crippen LogP contribution in [0.15, 0.2) is 18.2 Å². The van der Waals surface area contributed by atoms with E-state index in [1.807, 2.05) is 12.1 Å². The lowest BCUT2D eigenvalue weighted by atomic mass is 10.1. The Kier molecular flexibility index (Phi) is 3.14. The van der Waals surface area contributed by atoms with Gasteiger partial charge in [0.25, 0.3) is 0 Å². The summed E-state index contributed by atoms with van der Waals surface area (Å²) in [5.41, 5.74) is 7.31. The van der Waals surface area contributed by atoms with Crippen LogP contribution in [0.1, 0.15) is 19.8 Å². The number of anilines is 1. The summed E-state index contributed by atoms with van der Waals surface area (Å²) in [6.45, 7) is 3.04. The molecule has 0 bridgehead atoms. The van der Waals surface area contributed by atoms with Crippen LogP contribution in [-0.4, -0.2) is 20.2 Å². The van der Waals surface area contributed by atoms with Crippen LogP contribution < -0.4 is 5.73 Å². The van der Waals surface area contributed by atoms with Gasteiger partial charge in [0.1, 0.15) is 0 Å². The van der Waals surface area contributed by atoms with Gasteiger partial charge in [0.2, 0.25) is 0 Å². The first kappa shape index (κ1) is 12.4. The predicted octanol–water partition coefficient (Wildman–Crippen LogP) is 2.62. The minimum atomic E-state index is 0.575. The fourth-order valence-corrected chi connectivity index (χ4v) is 2.64. The van der Waals surface area contributed by atoms with Gasteiger partial charge in [0.05, 0.1) is 10.6 Å². The number of halogens is 1. The molecule has 3 rings (SSSR count). The molecule has 1 aromatic heterocycles. The Labute approximate surface area is 116 Å². The topological polar surface area (TPSA) is 69.6 Å². The summed E-state index contributed by atoms with van der Waals surface area (Å²) in [5, 5.41) is 12.5. The maximum Gasteiger partial charge on any atom is 0.185 e. The first-order chi connectivity index (χ1) is 9.16. The van der Waals surface area contributed by atoms with E-state index in [0.717, 1.165) is 18.0 Å². The molecule has 100 valence electrons. The quantitative estimate of drug-likeness (QED) is 0.872. The summed E-state index contributed by atoms with van der Waals surface area (Å²) in [4.78, 5) is 0. The average molecular weight is 278 g/mol. The third kappa shape index (κ3) is 2.42. The summed E-state index contributed by atoms with van der Waals surface area (Å²) in [7, 11) is 0. The highest BCUT2D eigenvalue weighted by molar-refractivity contribution is 6.33. The molecule has 0 amide bonds. The Hall–Kier alpha value is -1.62. The van der Waals surface area contributed by atoms with Gasteiger partial charge in [-0.1, -0.05) is 24.6 Å². The number of hydrogen-bond acceptors (Lipinski definition) is 4. The van der Waals surface area contributed by atoms with Crippen molar-refractivity contribution in [1.29, 1.82) is 0 Å². The van der Waals surface area contributed by atoms with E-state index in [1.54, 1.807) is 10.7 Å². The van der Waals surface area contributed by atoms with E-state index in [9.17, 15) is 0 Å². The fraction of sp³-hybridized carbons (Fsp3) is 0.462. The van der Waals surface area contributed by atoms with Gasteiger partial charge in [-0.05, 0) is 47.2 Å². The van der Waals surface area contributed by atoms with Crippen LogP contribution in [-0.2, 0) is 6.54 Å². The van der Waals surface area contributed by atoms with Crippen molar-refractivity contribution in [2.24, 2.45) is 11.8 Å². The van der Waals surface area contributed by atoms with Crippen molar-refractivity contribution in [3.8, 4) is 11.4 Å². The number of benzene rings is 1. The summed E-state index contributed by atoms with van der Waals surface area (Å²) < 4.78 is 1.81. The number of tetrazole rings is 1. The van der Waals surface area contributed by atoms with Crippen LogP contribution in [0.4, 0.5) is 5.69 Å². The largest absolute Gasteiger partial charge is 0.398 e. The Balaban J connectivity index is 1.94. The SMILES string of the molecule is CC(Cn1nnnc1-c1c(N)cccc1Cl)C1CC1. The Morgan fingerprint density at radius 1 is 1.47 bits per heavy atom. The zero-order valence-corrected chi connectivity index (χ0v) is 11.5. The number of nitrogens with two attached hydrogens (primary N) is 1. The minimum Gasteiger partial charge on any atom is -0.398 e. The number of rotatable bonds is 4. The molecule has 0 spiro atoms. The smallest absolute Gasteiger partial charge is 0.185 e. The lowest BCUT2D eigenvalue weighted by Gasteiger charge is -2.12. The Bertz CT molecular complexity index is 570. The molecule has 1 unspecified atom stereocenters. The third-order valence-corrected chi connectivity index (χ3v) is 4.00. The Morgan fingerprint density at radius 3 is 2.95 bits per heavy atom. The first-order valence-corrected chi connectivity index (χ1v) is 6.85. The van der Waals surface area contributed by atoms with Gasteiger partial charge < -0.3 is 5.73 Å². The molecule has 1 atom stereocenters. The predicted molar refractivity (Wildman–Crippen MR) is 74.6 cm³/mol. The van der Waals surface area contributed by atoms with Crippen LogP contribution >= 0.6 is 11.6 Å². The lowest BCUT2D eigenvalue weighted by molar-refractivity contribution is 0.402. The molecule has 2 aromatic rings. The van der Waals surface area contributed by atoms with Crippen molar-refractivity contribution >= 4 is 17.3 Å². The summed E-state index contributed by atoms with van der Waals surface area (Å²) in [5.74, 6) is 2.03. The van der Waals surface area contributed by atoms with E-state index in [4.69, 9.17) is 17.3 Å². The van der Waals surface area contributed by atoms with Crippen molar-refractivity contribution < 1.29 is 0 Å². The minimum absolute atomic E-state index is 0.575. The number of hydrogen-bond donors (Lipinski definition) is 1. The van der Waals surface area contributed by atoms with E-state index in [0.29, 0.717) is 22.5 Å². The second kappa shape index (κ2) is 4.81. The van der Waals surface area contributed by atoms with Gasteiger partial charge in [0, 0.05) is 12.2 Å². The van der Waals surface area contributed by atoms with E-state index in [-0.39, 0.29) is 0 Å². The van der Waals surface area contributed by atoms with Crippen molar-refractivity contribution in [3.63, 3.8) is 0 Å². The molecule has 2 N–H and O–H groups in total. The Morgan fingerprint density at radius 2 is 2.26 bits per heavy atom. The zero-order chi connectivity index (χ0) is 13.4. The highest BCUT2D eigenvalue weighted by Gasteiger charge is 2.29. The van der Waals surface area contributed by atoms with E-state index < -0.39 is 0 Å². The summed E-state index contributed by atoms with van der Waals surface area (Å²) in [6, 6.07) is 5.43. The molecule has 0 radical (unpaired) electrons. The molecule has 1 aromatic carbocycles. The van der Waals surface area contributed by atoms with Crippen LogP contribution in [0.2, 0.25) is 5.02 Å². The molecule has 19 heavy (non-hydrogen) atoms. The number of nitrogen functional groups attached to an aromatic ring is 1. The van der Waals surface area contributed by atoms with E-state index in [1.165, 1.54) is 12.8 Å². The maximum atomic E-state index is 6.22. The van der Waals surface area contributed by atoms with Gasteiger partial charge in [-0.15, -0.1) is 5.10 Å². The van der Waals surface area contributed by atoms with E-state index >= 15 is 0 Å². The van der Waals surface area contributed by atoms with Crippen LogP contribution in [0, 0.1) is 11.8 Å². The molecule has 1 heterocycles. The van der Waals surface area contributed by atoms with Gasteiger partial charge in [0.15, 0.2) is 5.82 Å². The third-order valence-electron chi connectivity index (χ3n) is 3.69. The van der Waals surface area contributed by atoms with Crippen molar-refractivity contribution in [1.82, 2.24) is 20.2 Å². The summed E-state index contributed by atoms with van der Waals surface area (Å²) >= 11 is 6.22. The maximum absolute atomic E-state index is 6.22. The van der Waals surface area contributed by atoms with Gasteiger partial charge in [-0.25, -0.2) is 4.68 Å². The van der Waals surface area contributed by atoms with Crippen LogP contribution in [0.5, 0.6) is 0 Å². The average Bonchev–Trinajstić information content (AvgIpc) is 3.13. The molecule has 1 aliphatic rings. The molecular formula is C13H16ClN5. The van der Waals surface area contributed by atoms with Crippen LogP contribution in [0.25, 0.3) is 11.4 Å². The normalized spacial score (nSPS) is 16.5. The van der Waals surface area contributed by atoms with Gasteiger partial charge in [-0.3, -0.25) is 0 Å². The number of nitrogens with zero attached hydrogens (tertiary/aromatic N) is 4. The molecule has 1 saturated carbocycles. The zero-order valence-electron chi connectivity index (χ0n) is 10.8. The second-order valence-corrected chi connectivity index (χ2v) is 5.61. The van der Waals surface area contributed by atoms with Crippen molar-refractivity contribution in [2.45, 2.75) is 26.3 Å². The van der Waals surface area contributed by atoms with Crippen molar-refractivity contribution in [2.75, 3.05) is 5.73 Å². The number of aromatic nitrogens is 4. The standard InChI is InChI=1S/C13H16ClN5/c1-8(9-5-6-9)7-19-13(16-17-18-19)12-10(14)3-2-4-11(12)15/h2-4,8-9H,5-7,15H2,1H3. The van der Waals surface area contributed by atoms with E-state index in [2.05, 4.69) is 22.4 Å². The monoisotopic (exact) mass is 277 g/mol. The summed E-state index contributed by atoms with van der Waals surface area (Å²) in [6.07, 6.45) is 2.62.